The van der Waals surface area contributed by atoms with Crippen molar-refractivity contribution < 1.29 is 0 Å². The Bertz CT molecular complexity index is 583. The van der Waals surface area contributed by atoms with Gasteiger partial charge in [-0.15, -0.1) is 0 Å². The van der Waals surface area contributed by atoms with E-state index in [1.807, 2.05) is 26.2 Å². The quantitative estimate of drug-likeness (QED) is 0.655. The summed E-state index contributed by atoms with van der Waals surface area (Å²) < 4.78 is 1.74. The standard InChI is InChI=1S/C11H12N4/c1-4-10-8(2)12-6-11(14-10)9-5-13-15(3)7-9/h4-7H,2H2,1,3H3. The molecule has 0 fully saturated rings. The fourth-order valence-electron chi connectivity index (χ4n) is 1.35. The molecule has 0 unspecified atom stereocenters. The third kappa shape index (κ3) is 1.79. The monoisotopic (exact) mass is 200 g/mol. The Labute approximate surface area is 87.6 Å². The average Bonchev–Trinajstić information content (AvgIpc) is 2.66. The first kappa shape index (κ1) is 9.58. The summed E-state index contributed by atoms with van der Waals surface area (Å²) in [4.78, 5) is 8.63. The zero-order valence-electron chi connectivity index (χ0n) is 8.81. The molecule has 0 radical (unpaired) electrons. The number of hydrogen-bond acceptors (Lipinski definition) is 3. The van der Waals surface area contributed by atoms with Crippen LogP contribution in [0.1, 0.15) is 6.92 Å². The second-order valence-electron chi connectivity index (χ2n) is 3.28. The molecule has 2 rings (SSSR count). The van der Waals surface area contributed by atoms with Gasteiger partial charge in [-0.3, -0.25) is 9.67 Å². The van der Waals surface area contributed by atoms with E-state index in [1.54, 1.807) is 17.1 Å². The van der Waals surface area contributed by atoms with Gasteiger partial charge < -0.3 is 0 Å². The van der Waals surface area contributed by atoms with Crippen molar-refractivity contribution in [1.82, 2.24) is 19.7 Å². The molecule has 0 N–H and O–H groups in total. The summed E-state index contributed by atoms with van der Waals surface area (Å²) in [5.74, 6) is 0. The highest BCUT2D eigenvalue weighted by Gasteiger charge is 2.01. The Balaban J connectivity index is 2.60. The Kier molecular flexibility index (Phi) is 2.33. The SMILES string of the molecule is C=c1ncc(-c2cnn(C)c2)nc1=CC. The van der Waals surface area contributed by atoms with Gasteiger partial charge in [0.25, 0.3) is 0 Å². The first-order chi connectivity index (χ1) is 7.20. The molecule has 2 heterocycles. The van der Waals surface area contributed by atoms with Crippen LogP contribution < -0.4 is 10.7 Å². The molecule has 0 atom stereocenters. The van der Waals surface area contributed by atoms with E-state index in [1.165, 1.54) is 0 Å². The molecule has 4 heteroatoms. The van der Waals surface area contributed by atoms with Gasteiger partial charge in [0.15, 0.2) is 0 Å². The number of hydrogen-bond donors (Lipinski definition) is 0. The normalized spacial score (nSPS) is 12.0. The van der Waals surface area contributed by atoms with Crippen molar-refractivity contribution in [1.29, 1.82) is 0 Å². The van der Waals surface area contributed by atoms with Gasteiger partial charge in [-0.1, -0.05) is 12.7 Å². The fourth-order valence-corrected chi connectivity index (χ4v) is 1.35. The lowest BCUT2D eigenvalue weighted by Gasteiger charge is -1.95. The average molecular weight is 200 g/mol. The van der Waals surface area contributed by atoms with Gasteiger partial charge >= 0.3 is 0 Å². The van der Waals surface area contributed by atoms with E-state index in [4.69, 9.17) is 0 Å². The van der Waals surface area contributed by atoms with E-state index in [2.05, 4.69) is 21.6 Å². The van der Waals surface area contributed by atoms with Crippen molar-refractivity contribution in [2.24, 2.45) is 7.05 Å². The van der Waals surface area contributed by atoms with E-state index < -0.39 is 0 Å². The molecule has 0 amide bonds. The van der Waals surface area contributed by atoms with Gasteiger partial charge in [0.1, 0.15) is 0 Å². The molecule has 0 aliphatic rings. The van der Waals surface area contributed by atoms with Crippen molar-refractivity contribution in [3.05, 3.63) is 29.3 Å². The summed E-state index contributed by atoms with van der Waals surface area (Å²) in [7, 11) is 1.87. The maximum Gasteiger partial charge on any atom is 0.0924 e. The smallest absolute Gasteiger partial charge is 0.0924 e. The summed E-state index contributed by atoms with van der Waals surface area (Å²) >= 11 is 0. The minimum Gasteiger partial charge on any atom is -0.275 e. The van der Waals surface area contributed by atoms with Gasteiger partial charge in [0, 0.05) is 18.8 Å². The van der Waals surface area contributed by atoms with Crippen LogP contribution in [0.15, 0.2) is 18.6 Å². The molecule has 0 aliphatic heterocycles. The lowest BCUT2D eigenvalue weighted by molar-refractivity contribution is 0.768. The second kappa shape index (κ2) is 3.65. The summed E-state index contributed by atoms with van der Waals surface area (Å²) in [6, 6.07) is 0. The van der Waals surface area contributed by atoms with Crippen LogP contribution in [0, 0.1) is 0 Å². The number of aromatic nitrogens is 4. The highest BCUT2D eigenvalue weighted by atomic mass is 15.2. The van der Waals surface area contributed by atoms with Crippen molar-refractivity contribution in [3.8, 4) is 11.3 Å². The molecule has 2 aromatic rings. The number of nitrogens with zero attached hydrogens (tertiary/aromatic N) is 4. The highest BCUT2D eigenvalue weighted by molar-refractivity contribution is 5.55. The minimum atomic E-state index is 0.699. The van der Waals surface area contributed by atoms with E-state index in [0.29, 0.717) is 5.35 Å². The summed E-state index contributed by atoms with van der Waals surface area (Å²) in [6.45, 7) is 5.73. The molecule has 15 heavy (non-hydrogen) atoms. The zero-order valence-corrected chi connectivity index (χ0v) is 8.81. The molecule has 76 valence electrons. The van der Waals surface area contributed by atoms with Crippen molar-refractivity contribution in [2.45, 2.75) is 6.92 Å². The fraction of sp³-hybridized carbons (Fsp3) is 0.182. The maximum absolute atomic E-state index is 4.44. The van der Waals surface area contributed by atoms with Gasteiger partial charge in [0.2, 0.25) is 0 Å². The first-order valence-electron chi connectivity index (χ1n) is 4.68. The maximum atomic E-state index is 4.44. The van der Waals surface area contributed by atoms with Crippen LogP contribution in [-0.4, -0.2) is 19.7 Å². The number of rotatable bonds is 1. The van der Waals surface area contributed by atoms with E-state index in [0.717, 1.165) is 16.6 Å². The Morgan fingerprint density at radius 3 is 2.80 bits per heavy atom. The van der Waals surface area contributed by atoms with E-state index in [9.17, 15) is 0 Å². The Morgan fingerprint density at radius 1 is 1.40 bits per heavy atom. The predicted octanol–water partition coefficient (Wildman–Crippen LogP) is 0.0878. The van der Waals surface area contributed by atoms with Crippen LogP contribution in [0.4, 0.5) is 0 Å². The molecule has 0 spiro atoms. The van der Waals surface area contributed by atoms with Crippen LogP contribution in [0.5, 0.6) is 0 Å². The molecule has 4 nitrogen and oxygen atoms in total. The summed E-state index contributed by atoms with van der Waals surface area (Å²) in [6.07, 6.45) is 7.29. The van der Waals surface area contributed by atoms with Crippen LogP contribution in [0.2, 0.25) is 0 Å². The predicted molar refractivity (Wildman–Crippen MR) is 59.1 cm³/mol. The largest absolute Gasteiger partial charge is 0.275 e. The molecule has 0 saturated heterocycles. The third-order valence-electron chi connectivity index (χ3n) is 2.15. The third-order valence-corrected chi connectivity index (χ3v) is 2.15. The molecule has 0 aromatic carbocycles. The lowest BCUT2D eigenvalue weighted by atomic mass is 10.2. The molecule has 0 saturated carbocycles. The van der Waals surface area contributed by atoms with Crippen LogP contribution in [-0.2, 0) is 7.05 Å². The van der Waals surface area contributed by atoms with Crippen molar-refractivity contribution in [3.63, 3.8) is 0 Å². The summed E-state index contributed by atoms with van der Waals surface area (Å²) in [5.41, 5.74) is 1.79. The topological polar surface area (TPSA) is 43.6 Å². The van der Waals surface area contributed by atoms with Crippen LogP contribution in [0.3, 0.4) is 0 Å². The van der Waals surface area contributed by atoms with E-state index >= 15 is 0 Å². The highest BCUT2D eigenvalue weighted by Crippen LogP contribution is 2.11. The second-order valence-corrected chi connectivity index (χ2v) is 3.28. The number of aryl methyl sites for hydroxylation is 1. The van der Waals surface area contributed by atoms with Crippen molar-refractivity contribution >= 4 is 12.7 Å². The minimum absolute atomic E-state index is 0.699. The van der Waals surface area contributed by atoms with Crippen LogP contribution in [0.25, 0.3) is 23.9 Å². The van der Waals surface area contributed by atoms with Gasteiger partial charge in [-0.25, -0.2) is 4.98 Å². The molecular weight excluding hydrogens is 188 g/mol. The van der Waals surface area contributed by atoms with Gasteiger partial charge in [-0.05, 0) is 6.92 Å². The van der Waals surface area contributed by atoms with Crippen molar-refractivity contribution in [2.75, 3.05) is 0 Å². The summed E-state index contributed by atoms with van der Waals surface area (Å²) in [5, 5.41) is 5.61. The van der Waals surface area contributed by atoms with Gasteiger partial charge in [-0.2, -0.15) is 5.10 Å². The van der Waals surface area contributed by atoms with Gasteiger partial charge in [0.05, 0.1) is 28.8 Å². The van der Waals surface area contributed by atoms with Crippen LogP contribution >= 0.6 is 0 Å². The molecule has 0 bridgehead atoms. The molecular formula is C11H12N4. The zero-order chi connectivity index (χ0) is 10.8. The lowest BCUT2D eigenvalue weighted by Crippen LogP contribution is -2.29. The Morgan fingerprint density at radius 2 is 2.20 bits per heavy atom. The Hall–Kier alpha value is -1.97. The molecule has 2 aromatic heterocycles. The van der Waals surface area contributed by atoms with E-state index in [-0.39, 0.29) is 0 Å². The first-order valence-corrected chi connectivity index (χ1v) is 4.68. The molecule has 0 aliphatic carbocycles.